The summed E-state index contributed by atoms with van der Waals surface area (Å²) in [6, 6.07) is 4.98. The van der Waals surface area contributed by atoms with Gasteiger partial charge in [0.25, 0.3) is 0 Å². The van der Waals surface area contributed by atoms with Gasteiger partial charge in [0, 0.05) is 13.1 Å². The number of halogens is 3. The summed E-state index contributed by atoms with van der Waals surface area (Å²) in [6.45, 7) is 8.07. The Morgan fingerprint density at radius 2 is 1.68 bits per heavy atom. The number of hydrogen-bond donors (Lipinski definition) is 0. The molecule has 0 N–H and O–H groups in total. The van der Waals surface area contributed by atoms with Crippen LogP contribution in [0.25, 0.3) is 0 Å². The second-order valence-corrected chi connectivity index (χ2v) is 6.00. The largest absolute Gasteiger partial charge is 0.444 e. The van der Waals surface area contributed by atoms with Gasteiger partial charge in [-0.05, 0) is 51.8 Å². The molecule has 0 aliphatic carbocycles. The minimum Gasteiger partial charge on any atom is -0.444 e. The van der Waals surface area contributed by atoms with Crippen molar-refractivity contribution in [1.82, 2.24) is 4.90 Å². The summed E-state index contributed by atoms with van der Waals surface area (Å²) >= 11 is 0. The molecule has 0 fully saturated rings. The first-order valence-corrected chi connectivity index (χ1v) is 7.17. The van der Waals surface area contributed by atoms with Gasteiger partial charge in [-0.25, -0.2) is 4.79 Å². The van der Waals surface area contributed by atoms with E-state index in [1.807, 2.05) is 6.92 Å². The van der Waals surface area contributed by atoms with Crippen LogP contribution in [0.1, 0.15) is 38.8 Å². The van der Waals surface area contributed by atoms with E-state index in [9.17, 15) is 18.0 Å². The van der Waals surface area contributed by atoms with Gasteiger partial charge < -0.3 is 9.64 Å². The maximum atomic E-state index is 12.5. The zero-order chi connectivity index (χ0) is 17.0. The summed E-state index contributed by atoms with van der Waals surface area (Å²) < 4.78 is 42.7. The second-order valence-electron chi connectivity index (χ2n) is 6.00. The fraction of sp³-hybridized carbons (Fsp3) is 0.562. The van der Waals surface area contributed by atoms with E-state index >= 15 is 0 Å². The van der Waals surface area contributed by atoms with Gasteiger partial charge in [-0.2, -0.15) is 13.2 Å². The van der Waals surface area contributed by atoms with E-state index in [1.165, 1.54) is 17.0 Å². The average molecular weight is 317 g/mol. The van der Waals surface area contributed by atoms with E-state index in [2.05, 4.69) is 0 Å². The third kappa shape index (κ3) is 5.95. The normalized spacial score (nSPS) is 12.1. The molecule has 124 valence electrons. The van der Waals surface area contributed by atoms with E-state index in [1.54, 1.807) is 20.8 Å². The molecule has 0 spiro atoms. The SMILES string of the molecule is CCN(CCc1ccc(C(F)(F)F)cc1)C(=O)OC(C)(C)C. The summed E-state index contributed by atoms with van der Waals surface area (Å²) in [4.78, 5) is 13.5. The van der Waals surface area contributed by atoms with Crippen molar-refractivity contribution in [2.45, 2.75) is 45.9 Å². The Kier molecular flexibility index (Phi) is 5.85. The molecule has 0 bridgehead atoms. The van der Waals surface area contributed by atoms with E-state index in [0.29, 0.717) is 19.5 Å². The van der Waals surface area contributed by atoms with Crippen LogP contribution in [0.15, 0.2) is 24.3 Å². The van der Waals surface area contributed by atoms with E-state index in [-0.39, 0.29) is 0 Å². The molecule has 1 aromatic rings. The van der Waals surface area contributed by atoms with Crippen molar-refractivity contribution in [2.75, 3.05) is 13.1 Å². The Hall–Kier alpha value is -1.72. The Morgan fingerprint density at radius 3 is 2.09 bits per heavy atom. The molecule has 0 aliphatic rings. The van der Waals surface area contributed by atoms with Gasteiger partial charge in [-0.1, -0.05) is 12.1 Å². The Morgan fingerprint density at radius 1 is 1.14 bits per heavy atom. The van der Waals surface area contributed by atoms with Crippen LogP contribution in [0.5, 0.6) is 0 Å². The van der Waals surface area contributed by atoms with E-state index < -0.39 is 23.4 Å². The number of nitrogens with zero attached hydrogens (tertiary/aromatic N) is 1. The first kappa shape index (κ1) is 18.3. The zero-order valence-corrected chi connectivity index (χ0v) is 13.3. The Balaban J connectivity index is 2.62. The van der Waals surface area contributed by atoms with Gasteiger partial charge >= 0.3 is 12.3 Å². The number of carbonyl (C=O) groups is 1. The van der Waals surface area contributed by atoms with Crippen LogP contribution in [0.4, 0.5) is 18.0 Å². The summed E-state index contributed by atoms with van der Waals surface area (Å²) in [6.07, 6.45) is -4.27. The molecule has 1 aromatic carbocycles. The van der Waals surface area contributed by atoms with Gasteiger partial charge in [-0.3, -0.25) is 0 Å². The highest BCUT2D eigenvalue weighted by Gasteiger charge is 2.30. The fourth-order valence-corrected chi connectivity index (χ4v) is 1.83. The Labute approximate surface area is 129 Å². The van der Waals surface area contributed by atoms with Crippen LogP contribution in [-0.4, -0.2) is 29.7 Å². The quantitative estimate of drug-likeness (QED) is 0.818. The van der Waals surface area contributed by atoms with Crippen LogP contribution in [0.3, 0.4) is 0 Å². The number of ether oxygens (including phenoxy) is 1. The van der Waals surface area contributed by atoms with Crippen molar-refractivity contribution >= 4 is 6.09 Å². The number of alkyl halides is 3. The highest BCUT2D eigenvalue weighted by molar-refractivity contribution is 5.68. The van der Waals surface area contributed by atoms with Gasteiger partial charge in [0.05, 0.1) is 5.56 Å². The van der Waals surface area contributed by atoms with Gasteiger partial charge in [0.15, 0.2) is 0 Å². The number of hydrogen-bond acceptors (Lipinski definition) is 2. The molecule has 0 aromatic heterocycles. The molecule has 1 rings (SSSR count). The third-order valence-electron chi connectivity index (χ3n) is 2.99. The summed E-state index contributed by atoms with van der Waals surface area (Å²) in [5.74, 6) is 0. The molecule has 0 heterocycles. The molecule has 6 heteroatoms. The summed E-state index contributed by atoms with van der Waals surface area (Å²) in [5, 5.41) is 0. The third-order valence-corrected chi connectivity index (χ3v) is 2.99. The minimum atomic E-state index is -4.33. The number of rotatable bonds is 4. The van der Waals surface area contributed by atoms with Crippen molar-refractivity contribution in [1.29, 1.82) is 0 Å². The van der Waals surface area contributed by atoms with Crippen molar-refractivity contribution in [3.8, 4) is 0 Å². The van der Waals surface area contributed by atoms with E-state index in [0.717, 1.165) is 17.7 Å². The van der Waals surface area contributed by atoms with Crippen LogP contribution in [0.2, 0.25) is 0 Å². The predicted octanol–water partition coefficient (Wildman–Crippen LogP) is 4.50. The number of likely N-dealkylation sites (N-methyl/N-ethyl adjacent to an activating group) is 1. The lowest BCUT2D eigenvalue weighted by molar-refractivity contribution is -0.137. The lowest BCUT2D eigenvalue weighted by Crippen LogP contribution is -2.37. The standard InChI is InChI=1S/C16H22F3NO2/c1-5-20(14(21)22-15(2,3)4)11-10-12-6-8-13(9-7-12)16(17,18)19/h6-9H,5,10-11H2,1-4H3. The zero-order valence-electron chi connectivity index (χ0n) is 13.3. The van der Waals surface area contributed by atoms with Crippen LogP contribution in [-0.2, 0) is 17.3 Å². The number of carbonyl (C=O) groups excluding carboxylic acids is 1. The van der Waals surface area contributed by atoms with Crippen molar-refractivity contribution < 1.29 is 22.7 Å². The fourth-order valence-electron chi connectivity index (χ4n) is 1.83. The average Bonchev–Trinajstić information content (AvgIpc) is 2.37. The smallest absolute Gasteiger partial charge is 0.416 e. The molecular formula is C16H22F3NO2. The molecule has 0 saturated carbocycles. The molecule has 0 aliphatic heterocycles. The lowest BCUT2D eigenvalue weighted by atomic mass is 10.1. The second kappa shape index (κ2) is 7.03. The predicted molar refractivity (Wildman–Crippen MR) is 78.6 cm³/mol. The topological polar surface area (TPSA) is 29.5 Å². The molecule has 0 radical (unpaired) electrons. The maximum Gasteiger partial charge on any atom is 0.416 e. The van der Waals surface area contributed by atoms with Crippen LogP contribution < -0.4 is 0 Å². The Bertz CT molecular complexity index is 490. The molecular weight excluding hydrogens is 295 g/mol. The first-order valence-electron chi connectivity index (χ1n) is 7.17. The molecule has 1 amide bonds. The van der Waals surface area contributed by atoms with Gasteiger partial charge in [0.1, 0.15) is 5.60 Å². The number of amides is 1. The summed E-state index contributed by atoms with van der Waals surface area (Å²) in [7, 11) is 0. The summed E-state index contributed by atoms with van der Waals surface area (Å²) in [5.41, 5.74) is -0.496. The highest BCUT2D eigenvalue weighted by atomic mass is 19.4. The maximum absolute atomic E-state index is 12.5. The van der Waals surface area contributed by atoms with Gasteiger partial charge in [0.2, 0.25) is 0 Å². The van der Waals surface area contributed by atoms with E-state index in [4.69, 9.17) is 4.74 Å². The van der Waals surface area contributed by atoms with Crippen LogP contribution >= 0.6 is 0 Å². The molecule has 0 atom stereocenters. The molecule has 22 heavy (non-hydrogen) atoms. The van der Waals surface area contributed by atoms with Crippen molar-refractivity contribution in [3.63, 3.8) is 0 Å². The van der Waals surface area contributed by atoms with Crippen LogP contribution in [0, 0.1) is 0 Å². The molecule has 0 saturated heterocycles. The minimum absolute atomic E-state index is 0.400. The monoisotopic (exact) mass is 317 g/mol. The molecule has 3 nitrogen and oxygen atoms in total. The highest BCUT2D eigenvalue weighted by Crippen LogP contribution is 2.29. The number of benzene rings is 1. The first-order chi connectivity index (χ1) is 10.0. The molecule has 0 unspecified atom stereocenters. The lowest BCUT2D eigenvalue weighted by Gasteiger charge is -2.26. The van der Waals surface area contributed by atoms with Crippen molar-refractivity contribution in [3.05, 3.63) is 35.4 Å². The van der Waals surface area contributed by atoms with Crippen molar-refractivity contribution in [2.24, 2.45) is 0 Å². The van der Waals surface area contributed by atoms with Gasteiger partial charge in [-0.15, -0.1) is 0 Å².